The summed E-state index contributed by atoms with van der Waals surface area (Å²) < 4.78 is 0. The summed E-state index contributed by atoms with van der Waals surface area (Å²) in [6, 6.07) is 5.73. The maximum Gasteiger partial charge on any atom is 0.120 e. The molecule has 0 spiro atoms. The van der Waals surface area contributed by atoms with Crippen molar-refractivity contribution >= 4 is 12.4 Å². The molecule has 0 radical (unpaired) electrons. The van der Waals surface area contributed by atoms with E-state index in [9.17, 15) is 5.11 Å². The molecule has 4 nitrogen and oxygen atoms in total. The van der Waals surface area contributed by atoms with E-state index in [0.717, 1.165) is 12.0 Å². The number of nitrogens with zero attached hydrogens (tertiary/aromatic N) is 1. The molecule has 0 atom stereocenters. The van der Waals surface area contributed by atoms with Gasteiger partial charge in [-0.1, -0.05) is 32.9 Å². The highest BCUT2D eigenvalue weighted by Crippen LogP contribution is 2.30. The number of phenols is 1. The molecule has 0 amide bonds. The largest absolute Gasteiger partial charge is 0.508 e. The molecule has 1 aromatic rings. The van der Waals surface area contributed by atoms with Crippen molar-refractivity contribution in [1.82, 2.24) is 4.90 Å². The molecule has 0 saturated carbocycles. The van der Waals surface area contributed by atoms with Crippen LogP contribution in [0.25, 0.3) is 0 Å². The van der Waals surface area contributed by atoms with Gasteiger partial charge in [0.1, 0.15) is 5.75 Å². The first kappa shape index (κ1) is 20.2. The topological polar surface area (TPSA) is 63.9 Å². The first-order chi connectivity index (χ1) is 9.44. The fourth-order valence-corrected chi connectivity index (χ4v) is 2.13. The predicted molar refractivity (Wildman–Crippen MR) is 88.1 cm³/mol. The SMILES string of the molecule is CCC(C)(C)c1ccc(O)c(CN(CCO)CCO)c1.Cl. The highest BCUT2D eigenvalue weighted by Gasteiger charge is 2.19. The third-order valence-electron chi connectivity index (χ3n) is 3.97. The monoisotopic (exact) mass is 317 g/mol. The average molecular weight is 318 g/mol. The molecule has 0 heterocycles. The number of halogens is 1. The second-order valence-corrected chi connectivity index (χ2v) is 5.80. The first-order valence-electron chi connectivity index (χ1n) is 7.21. The molecule has 3 N–H and O–H groups in total. The summed E-state index contributed by atoms with van der Waals surface area (Å²) in [6.45, 7) is 8.10. The van der Waals surface area contributed by atoms with Crippen molar-refractivity contribution < 1.29 is 15.3 Å². The van der Waals surface area contributed by atoms with Crippen molar-refractivity contribution in [3.63, 3.8) is 0 Å². The van der Waals surface area contributed by atoms with Crippen LogP contribution in [-0.4, -0.2) is 46.5 Å². The molecule has 1 rings (SSSR count). The van der Waals surface area contributed by atoms with Gasteiger partial charge in [0.05, 0.1) is 13.2 Å². The molecule has 0 aliphatic carbocycles. The highest BCUT2D eigenvalue weighted by atomic mass is 35.5. The van der Waals surface area contributed by atoms with Gasteiger partial charge in [-0.25, -0.2) is 0 Å². The van der Waals surface area contributed by atoms with Gasteiger partial charge in [0.15, 0.2) is 0 Å². The minimum Gasteiger partial charge on any atom is -0.508 e. The average Bonchev–Trinajstić information content (AvgIpc) is 2.41. The van der Waals surface area contributed by atoms with E-state index in [1.165, 1.54) is 5.56 Å². The van der Waals surface area contributed by atoms with Crippen molar-refractivity contribution in [1.29, 1.82) is 0 Å². The van der Waals surface area contributed by atoms with Crippen LogP contribution in [0.3, 0.4) is 0 Å². The number of aromatic hydroxyl groups is 1. The quantitative estimate of drug-likeness (QED) is 0.688. The number of hydrogen-bond acceptors (Lipinski definition) is 4. The Kier molecular flexibility index (Phi) is 8.90. The molecule has 21 heavy (non-hydrogen) atoms. The fraction of sp³-hybridized carbons (Fsp3) is 0.625. The summed E-state index contributed by atoms with van der Waals surface area (Å²) in [5.74, 6) is 0.265. The molecular formula is C16H28ClNO3. The van der Waals surface area contributed by atoms with Crippen LogP contribution in [0.5, 0.6) is 5.75 Å². The lowest BCUT2D eigenvalue weighted by Crippen LogP contribution is -2.29. The van der Waals surface area contributed by atoms with Crippen LogP contribution < -0.4 is 0 Å². The third kappa shape index (κ3) is 5.83. The van der Waals surface area contributed by atoms with Crippen molar-refractivity contribution in [2.24, 2.45) is 0 Å². The van der Waals surface area contributed by atoms with Gasteiger partial charge < -0.3 is 15.3 Å². The molecule has 0 unspecified atom stereocenters. The van der Waals surface area contributed by atoms with Crippen LogP contribution in [0.4, 0.5) is 0 Å². The van der Waals surface area contributed by atoms with Gasteiger partial charge in [-0.05, 0) is 23.5 Å². The smallest absolute Gasteiger partial charge is 0.120 e. The van der Waals surface area contributed by atoms with Gasteiger partial charge in [0.25, 0.3) is 0 Å². The normalized spacial score (nSPS) is 11.5. The fourth-order valence-electron chi connectivity index (χ4n) is 2.13. The number of hydrogen-bond donors (Lipinski definition) is 3. The van der Waals surface area contributed by atoms with E-state index in [4.69, 9.17) is 10.2 Å². The van der Waals surface area contributed by atoms with Gasteiger partial charge >= 0.3 is 0 Å². The molecule has 0 aliphatic rings. The van der Waals surface area contributed by atoms with Crippen LogP contribution in [0.15, 0.2) is 18.2 Å². The Morgan fingerprint density at radius 2 is 1.67 bits per heavy atom. The van der Waals surface area contributed by atoms with Crippen LogP contribution in [-0.2, 0) is 12.0 Å². The van der Waals surface area contributed by atoms with Crippen molar-refractivity contribution in [3.05, 3.63) is 29.3 Å². The third-order valence-corrected chi connectivity index (χ3v) is 3.97. The minimum absolute atomic E-state index is 0. The number of benzene rings is 1. The summed E-state index contributed by atoms with van der Waals surface area (Å²) in [5, 5.41) is 28.1. The lowest BCUT2D eigenvalue weighted by atomic mass is 9.81. The van der Waals surface area contributed by atoms with E-state index in [2.05, 4.69) is 20.8 Å². The zero-order valence-corrected chi connectivity index (χ0v) is 14.0. The summed E-state index contributed by atoms with van der Waals surface area (Å²) in [4.78, 5) is 1.93. The lowest BCUT2D eigenvalue weighted by Gasteiger charge is -2.26. The summed E-state index contributed by atoms with van der Waals surface area (Å²) in [7, 11) is 0. The van der Waals surface area contributed by atoms with Gasteiger partial charge in [-0.15, -0.1) is 12.4 Å². The van der Waals surface area contributed by atoms with Crippen molar-refractivity contribution in [2.45, 2.75) is 39.2 Å². The van der Waals surface area contributed by atoms with E-state index in [1.54, 1.807) is 6.07 Å². The standard InChI is InChI=1S/C16H27NO3.ClH/c1-4-16(2,3)14-5-6-15(20)13(11-14)12-17(7-9-18)8-10-19;/h5-6,11,18-20H,4,7-10,12H2,1-3H3;1H. The maximum atomic E-state index is 10.0. The van der Waals surface area contributed by atoms with Crippen LogP contribution in [0.2, 0.25) is 0 Å². The van der Waals surface area contributed by atoms with Crippen molar-refractivity contribution in [3.8, 4) is 5.75 Å². The van der Waals surface area contributed by atoms with Gasteiger partial charge in [-0.2, -0.15) is 0 Å². The Bertz CT molecular complexity index is 418. The number of rotatable bonds is 8. The molecule has 0 fully saturated rings. The Balaban J connectivity index is 0.00000400. The number of phenolic OH excluding ortho intramolecular Hbond substituents is 1. The van der Waals surface area contributed by atoms with E-state index >= 15 is 0 Å². The molecule has 0 bridgehead atoms. The van der Waals surface area contributed by atoms with E-state index in [0.29, 0.717) is 19.6 Å². The summed E-state index contributed by atoms with van der Waals surface area (Å²) >= 11 is 0. The predicted octanol–water partition coefficient (Wildman–Crippen LogP) is 2.29. The molecule has 0 aliphatic heterocycles. The van der Waals surface area contributed by atoms with Crippen molar-refractivity contribution in [2.75, 3.05) is 26.3 Å². The number of aliphatic hydroxyl groups excluding tert-OH is 2. The minimum atomic E-state index is 0. The Labute approximate surface area is 133 Å². The molecule has 1 aromatic carbocycles. The number of aliphatic hydroxyl groups is 2. The van der Waals surface area contributed by atoms with E-state index < -0.39 is 0 Å². The Morgan fingerprint density at radius 1 is 1.10 bits per heavy atom. The van der Waals surface area contributed by atoms with Gasteiger partial charge in [0, 0.05) is 25.2 Å². The molecular weight excluding hydrogens is 290 g/mol. The van der Waals surface area contributed by atoms with Gasteiger partial charge in [0.2, 0.25) is 0 Å². The van der Waals surface area contributed by atoms with Crippen LogP contribution in [0.1, 0.15) is 38.3 Å². The Hall–Kier alpha value is -0.810. The lowest BCUT2D eigenvalue weighted by molar-refractivity contribution is 0.155. The first-order valence-corrected chi connectivity index (χ1v) is 7.21. The van der Waals surface area contributed by atoms with Gasteiger partial charge in [-0.3, -0.25) is 4.90 Å². The molecule has 5 heteroatoms. The van der Waals surface area contributed by atoms with E-state index in [1.807, 2.05) is 17.0 Å². The summed E-state index contributed by atoms with van der Waals surface area (Å²) in [5.41, 5.74) is 2.10. The maximum absolute atomic E-state index is 10.0. The Morgan fingerprint density at radius 3 is 2.14 bits per heavy atom. The second-order valence-electron chi connectivity index (χ2n) is 5.80. The van der Waals surface area contributed by atoms with Crippen LogP contribution in [0, 0.1) is 0 Å². The van der Waals surface area contributed by atoms with E-state index in [-0.39, 0.29) is 36.8 Å². The highest BCUT2D eigenvalue weighted by molar-refractivity contribution is 5.85. The van der Waals surface area contributed by atoms with Crippen LogP contribution >= 0.6 is 12.4 Å². The molecule has 0 saturated heterocycles. The summed E-state index contributed by atoms with van der Waals surface area (Å²) in [6.07, 6.45) is 1.02. The molecule has 0 aromatic heterocycles. The molecule has 122 valence electrons. The zero-order chi connectivity index (χ0) is 15.2. The zero-order valence-electron chi connectivity index (χ0n) is 13.2. The second kappa shape index (κ2) is 9.26.